The Balaban J connectivity index is 0.00000442. The molecule has 1 N–H and O–H groups in total. The zero-order chi connectivity index (χ0) is 30.6. The molecule has 14 heteroatoms. The lowest BCUT2D eigenvalue weighted by molar-refractivity contribution is -0.176. The summed E-state index contributed by atoms with van der Waals surface area (Å²) in [6, 6.07) is 12.3. The number of ether oxygens (including phenoxy) is 3. The lowest BCUT2D eigenvalue weighted by atomic mass is 10.0. The second kappa shape index (κ2) is 13.1. The number of benzene rings is 2. The molecule has 2 aliphatic heterocycles. The van der Waals surface area contributed by atoms with E-state index in [2.05, 4.69) is 20.4 Å². The first-order valence-corrected chi connectivity index (χ1v) is 14.9. The summed E-state index contributed by atoms with van der Waals surface area (Å²) in [5.74, 6) is -0.469. The van der Waals surface area contributed by atoms with Crippen molar-refractivity contribution in [2.45, 2.75) is 50.0 Å². The third kappa shape index (κ3) is 7.51. The van der Waals surface area contributed by atoms with E-state index in [4.69, 9.17) is 23.2 Å². The maximum atomic E-state index is 13.7. The van der Waals surface area contributed by atoms with Crippen LogP contribution in [0.1, 0.15) is 41.0 Å². The van der Waals surface area contributed by atoms with Crippen LogP contribution in [0, 0.1) is 19.7 Å². The molecule has 2 aliphatic rings. The lowest BCUT2D eigenvalue weighted by Crippen LogP contribution is -2.44. The number of nitrogens with one attached hydrogen (secondary N) is 1. The molecule has 43 heavy (non-hydrogen) atoms. The van der Waals surface area contributed by atoms with Crippen LogP contribution in [0.2, 0.25) is 0 Å². The van der Waals surface area contributed by atoms with E-state index in [0.717, 1.165) is 5.56 Å². The molecular weight excluding hydrogens is 583 g/mol. The largest absolute Gasteiger partial charge is 0.494 e. The summed E-state index contributed by atoms with van der Waals surface area (Å²) in [7, 11) is -2.55. The van der Waals surface area contributed by atoms with Crippen LogP contribution in [-0.4, -0.2) is 75.2 Å². The molecule has 2 aromatic carbocycles. The molecule has 3 atom stereocenters. The van der Waals surface area contributed by atoms with Crippen LogP contribution in [0.3, 0.4) is 0 Å². The zero-order valence-corrected chi connectivity index (χ0v) is 24.6. The highest BCUT2D eigenvalue weighted by atomic mass is 32.2. The predicted octanol–water partition coefficient (Wildman–Crippen LogP) is 3.10. The SMILES string of the molecule is COc1cc(CNC(=O)c2cc(C3=NO[C@H]([C@H]4CO[C@H](COS(=O)(=O)c5ccc(C)cc5)CO4)C3)nc(C)n2)ccc1F.[HH]. The smallest absolute Gasteiger partial charge is 0.297 e. The van der Waals surface area contributed by atoms with Crippen LogP contribution in [0.25, 0.3) is 0 Å². The third-order valence-corrected chi connectivity index (χ3v) is 8.15. The maximum absolute atomic E-state index is 13.7. The molecule has 0 saturated carbocycles. The van der Waals surface area contributed by atoms with Crippen LogP contribution in [0.5, 0.6) is 5.75 Å². The molecular formula is C29H33FN4O8S. The van der Waals surface area contributed by atoms with Gasteiger partial charge in [0.05, 0.1) is 37.5 Å². The van der Waals surface area contributed by atoms with Gasteiger partial charge in [-0.2, -0.15) is 8.42 Å². The Hall–Kier alpha value is -3.98. The van der Waals surface area contributed by atoms with E-state index >= 15 is 0 Å². The molecule has 3 aromatic rings. The molecule has 3 heterocycles. The van der Waals surface area contributed by atoms with Crippen LogP contribution in [-0.2, 0) is 35.2 Å². The van der Waals surface area contributed by atoms with Crippen molar-refractivity contribution < 1.29 is 42.3 Å². The molecule has 1 fully saturated rings. The Labute approximate surface area is 249 Å². The van der Waals surface area contributed by atoms with Gasteiger partial charge in [-0.15, -0.1) is 0 Å². The van der Waals surface area contributed by atoms with Gasteiger partial charge in [-0.05, 0) is 49.7 Å². The van der Waals surface area contributed by atoms with Crippen molar-refractivity contribution >= 4 is 21.7 Å². The Morgan fingerprint density at radius 2 is 1.86 bits per heavy atom. The van der Waals surface area contributed by atoms with Gasteiger partial charge in [-0.1, -0.05) is 28.9 Å². The van der Waals surface area contributed by atoms with Gasteiger partial charge in [0, 0.05) is 14.4 Å². The molecule has 0 bridgehead atoms. The Morgan fingerprint density at radius 3 is 2.58 bits per heavy atom. The minimum Gasteiger partial charge on any atom is -0.494 e. The fourth-order valence-electron chi connectivity index (χ4n) is 4.47. The van der Waals surface area contributed by atoms with Gasteiger partial charge in [0.15, 0.2) is 17.7 Å². The minimum atomic E-state index is -3.92. The number of aromatic nitrogens is 2. The average Bonchev–Trinajstić information content (AvgIpc) is 3.50. The molecule has 0 radical (unpaired) electrons. The van der Waals surface area contributed by atoms with E-state index in [9.17, 15) is 17.6 Å². The summed E-state index contributed by atoms with van der Waals surface area (Å²) < 4.78 is 60.4. The van der Waals surface area contributed by atoms with Crippen LogP contribution < -0.4 is 10.1 Å². The number of amides is 1. The Morgan fingerprint density at radius 1 is 1.07 bits per heavy atom. The lowest BCUT2D eigenvalue weighted by Gasteiger charge is -2.31. The van der Waals surface area contributed by atoms with E-state index in [0.29, 0.717) is 29.2 Å². The summed E-state index contributed by atoms with van der Waals surface area (Å²) in [5.41, 5.74) is 2.70. The monoisotopic (exact) mass is 616 g/mol. The fourth-order valence-corrected chi connectivity index (χ4v) is 5.41. The Kier molecular flexibility index (Phi) is 9.30. The van der Waals surface area contributed by atoms with Gasteiger partial charge in [-0.25, -0.2) is 14.4 Å². The van der Waals surface area contributed by atoms with Crippen molar-refractivity contribution in [1.29, 1.82) is 0 Å². The molecule has 1 amide bonds. The second-order valence-corrected chi connectivity index (χ2v) is 11.7. The summed E-state index contributed by atoms with van der Waals surface area (Å²) >= 11 is 0. The Bertz CT molecular complexity index is 1620. The van der Waals surface area contributed by atoms with Gasteiger partial charge in [0.1, 0.15) is 29.4 Å². The number of oxime groups is 1. The molecule has 1 aromatic heterocycles. The quantitative estimate of drug-likeness (QED) is 0.337. The van der Waals surface area contributed by atoms with Crippen molar-refractivity contribution in [2.75, 3.05) is 26.9 Å². The van der Waals surface area contributed by atoms with Crippen LogP contribution in [0.15, 0.2) is 58.6 Å². The van der Waals surface area contributed by atoms with E-state index in [1.54, 1.807) is 25.1 Å². The molecule has 0 spiro atoms. The average molecular weight is 617 g/mol. The molecule has 0 aliphatic carbocycles. The summed E-state index contributed by atoms with van der Waals surface area (Å²) in [4.78, 5) is 27.2. The molecule has 1 saturated heterocycles. The zero-order valence-electron chi connectivity index (χ0n) is 23.8. The maximum Gasteiger partial charge on any atom is 0.297 e. The normalized spacial score (nSPS) is 20.3. The van der Waals surface area contributed by atoms with Gasteiger partial charge in [-0.3, -0.25) is 8.98 Å². The van der Waals surface area contributed by atoms with E-state index < -0.39 is 40.2 Å². The number of halogens is 1. The van der Waals surface area contributed by atoms with Crippen molar-refractivity contribution in [3.63, 3.8) is 0 Å². The topological polar surface area (TPSA) is 148 Å². The first kappa shape index (κ1) is 30.5. The predicted molar refractivity (Wildman–Crippen MR) is 153 cm³/mol. The van der Waals surface area contributed by atoms with Crippen LogP contribution in [0.4, 0.5) is 4.39 Å². The summed E-state index contributed by atoms with van der Waals surface area (Å²) in [5, 5.41) is 6.92. The number of methoxy groups -OCH3 is 1. The molecule has 12 nitrogen and oxygen atoms in total. The van der Waals surface area contributed by atoms with Crippen molar-refractivity contribution in [2.24, 2.45) is 5.16 Å². The number of carbonyl (C=O) groups is 1. The number of aryl methyl sites for hydroxylation is 2. The molecule has 0 unspecified atom stereocenters. The highest BCUT2D eigenvalue weighted by Crippen LogP contribution is 2.24. The van der Waals surface area contributed by atoms with Gasteiger partial charge < -0.3 is 24.4 Å². The van der Waals surface area contributed by atoms with Gasteiger partial charge in [0.25, 0.3) is 16.0 Å². The molecule has 5 rings (SSSR count). The first-order chi connectivity index (χ1) is 20.6. The second-order valence-electron chi connectivity index (χ2n) is 10.1. The van der Waals surface area contributed by atoms with E-state index in [1.807, 2.05) is 6.92 Å². The first-order valence-electron chi connectivity index (χ1n) is 13.5. The highest BCUT2D eigenvalue weighted by Gasteiger charge is 2.36. The molecule has 230 valence electrons. The van der Waals surface area contributed by atoms with Gasteiger partial charge >= 0.3 is 0 Å². The standard InChI is InChI=1S/C29H31FN4O8S.H2/c1-17-4-7-21(8-5-17)43(36,37)41-15-20-14-40-28(16-39-20)27-12-24(34-42-27)23-11-25(33-18(2)32-23)29(35)31-13-19-6-9-22(30)26(10-19)38-3;/h4-11,20,27-28H,12-16H2,1-3H3,(H,31,35);1H/t20-,27-,28+;/m0./s1. The number of carbonyl (C=O) groups excluding carboxylic acids is 1. The van der Waals surface area contributed by atoms with Crippen molar-refractivity contribution in [3.8, 4) is 5.75 Å². The third-order valence-electron chi connectivity index (χ3n) is 6.85. The van der Waals surface area contributed by atoms with E-state index in [1.165, 1.54) is 37.4 Å². The minimum absolute atomic E-state index is 0. The van der Waals surface area contributed by atoms with Gasteiger partial charge in [0.2, 0.25) is 0 Å². The summed E-state index contributed by atoms with van der Waals surface area (Å²) in [6.07, 6.45) is -1.14. The number of hydrogen-bond donors (Lipinski definition) is 1. The van der Waals surface area contributed by atoms with E-state index in [-0.39, 0.29) is 44.1 Å². The van der Waals surface area contributed by atoms with Crippen LogP contribution >= 0.6 is 0 Å². The number of hydrogen-bond acceptors (Lipinski definition) is 11. The number of nitrogens with zero attached hydrogens (tertiary/aromatic N) is 3. The summed E-state index contributed by atoms with van der Waals surface area (Å²) in [6.45, 7) is 3.75. The number of rotatable bonds is 10. The van der Waals surface area contributed by atoms with Crippen molar-refractivity contribution in [1.82, 2.24) is 15.3 Å². The van der Waals surface area contributed by atoms with Crippen molar-refractivity contribution in [3.05, 3.63) is 82.7 Å². The fraction of sp³-hybridized carbons (Fsp3) is 0.379. The highest BCUT2D eigenvalue weighted by molar-refractivity contribution is 7.86.